The molecule has 5 rings (SSSR count). The van der Waals surface area contributed by atoms with E-state index in [0.717, 1.165) is 35.9 Å². The zero-order valence-electron chi connectivity index (χ0n) is 18.3. The Morgan fingerprint density at radius 2 is 1.58 bits per heavy atom. The van der Waals surface area contributed by atoms with E-state index in [4.69, 9.17) is 0 Å². The lowest BCUT2D eigenvalue weighted by Gasteiger charge is -2.20. The molecule has 2 aromatic carbocycles. The number of nitrogens with zero attached hydrogens (tertiary/aromatic N) is 6. The van der Waals surface area contributed by atoms with Crippen LogP contribution in [0.5, 0.6) is 0 Å². The monoisotopic (exact) mass is 439 g/mol. The fraction of sp³-hybridized carbons (Fsp3) is 0.240. The number of para-hydroxylation sites is 1. The molecule has 3 heterocycles. The van der Waals surface area contributed by atoms with Crippen LogP contribution >= 0.6 is 0 Å². The summed E-state index contributed by atoms with van der Waals surface area (Å²) in [4.78, 5) is 16.3. The molecule has 0 radical (unpaired) electrons. The van der Waals surface area contributed by atoms with Crippen molar-refractivity contribution in [1.82, 2.24) is 25.2 Å². The molecule has 8 nitrogen and oxygen atoms in total. The first kappa shape index (κ1) is 20.8. The van der Waals surface area contributed by atoms with Crippen molar-refractivity contribution in [3.05, 3.63) is 78.6 Å². The van der Waals surface area contributed by atoms with E-state index in [1.807, 2.05) is 66.7 Å². The molecule has 2 aromatic heterocycles. The van der Waals surface area contributed by atoms with Crippen molar-refractivity contribution < 1.29 is 4.79 Å². The third kappa shape index (κ3) is 4.90. The summed E-state index contributed by atoms with van der Waals surface area (Å²) in [5.41, 5.74) is 3.46. The van der Waals surface area contributed by atoms with E-state index in [-0.39, 0.29) is 11.6 Å². The second-order valence-electron chi connectivity index (χ2n) is 8.06. The standard InChI is InChI=1S/C25H25N7O/c33-25(23-18-26-32(30-23)21-8-4-3-5-9-21)27-20-12-10-19(11-13-20)22-14-15-24(29-28-22)31-16-6-1-2-7-17-31/h3-5,8-15,18H,1-2,6-7,16-17H2,(H,27,33). The van der Waals surface area contributed by atoms with Crippen molar-refractivity contribution in [2.24, 2.45) is 0 Å². The highest BCUT2D eigenvalue weighted by atomic mass is 16.2. The van der Waals surface area contributed by atoms with Gasteiger partial charge in [-0.3, -0.25) is 4.79 Å². The highest BCUT2D eigenvalue weighted by molar-refractivity contribution is 6.02. The third-order valence-electron chi connectivity index (χ3n) is 5.73. The van der Waals surface area contributed by atoms with Crippen molar-refractivity contribution in [2.45, 2.75) is 25.7 Å². The Hall–Kier alpha value is -4.07. The molecule has 1 amide bonds. The number of hydrogen-bond donors (Lipinski definition) is 1. The Morgan fingerprint density at radius 3 is 2.27 bits per heavy atom. The van der Waals surface area contributed by atoms with Gasteiger partial charge in [-0.2, -0.15) is 9.90 Å². The van der Waals surface area contributed by atoms with Crippen molar-refractivity contribution in [2.75, 3.05) is 23.3 Å². The molecule has 8 heteroatoms. The van der Waals surface area contributed by atoms with Crippen LogP contribution in [-0.2, 0) is 0 Å². The second-order valence-corrected chi connectivity index (χ2v) is 8.06. The summed E-state index contributed by atoms with van der Waals surface area (Å²) >= 11 is 0. The number of anilines is 2. The van der Waals surface area contributed by atoms with Crippen LogP contribution < -0.4 is 10.2 Å². The van der Waals surface area contributed by atoms with Crippen LogP contribution in [0.4, 0.5) is 11.5 Å². The zero-order chi connectivity index (χ0) is 22.5. The minimum absolute atomic E-state index is 0.248. The molecule has 0 bridgehead atoms. The van der Waals surface area contributed by atoms with E-state index >= 15 is 0 Å². The van der Waals surface area contributed by atoms with Gasteiger partial charge in [-0.15, -0.1) is 15.3 Å². The Kier molecular flexibility index (Phi) is 6.06. The van der Waals surface area contributed by atoms with Gasteiger partial charge in [0.25, 0.3) is 5.91 Å². The molecular formula is C25H25N7O. The first-order valence-corrected chi connectivity index (χ1v) is 11.2. The first-order valence-electron chi connectivity index (χ1n) is 11.2. The Labute approximate surface area is 192 Å². The van der Waals surface area contributed by atoms with Gasteiger partial charge in [0, 0.05) is 24.3 Å². The molecule has 0 atom stereocenters. The van der Waals surface area contributed by atoms with E-state index in [1.165, 1.54) is 36.7 Å². The lowest BCUT2D eigenvalue weighted by molar-refractivity contribution is 0.102. The molecule has 1 N–H and O–H groups in total. The van der Waals surface area contributed by atoms with Crippen LogP contribution in [-0.4, -0.2) is 44.2 Å². The second kappa shape index (κ2) is 9.60. The summed E-state index contributed by atoms with van der Waals surface area (Å²) in [5, 5.41) is 20.2. The highest BCUT2D eigenvalue weighted by Gasteiger charge is 2.13. The van der Waals surface area contributed by atoms with Gasteiger partial charge in [0.05, 0.1) is 17.6 Å². The summed E-state index contributed by atoms with van der Waals surface area (Å²) in [7, 11) is 0. The number of hydrogen-bond acceptors (Lipinski definition) is 6. The number of aromatic nitrogens is 5. The number of carbonyl (C=O) groups excluding carboxylic acids is 1. The summed E-state index contributed by atoms with van der Waals surface area (Å²) in [6.45, 7) is 2.09. The van der Waals surface area contributed by atoms with E-state index in [1.54, 1.807) is 0 Å². The van der Waals surface area contributed by atoms with Crippen molar-refractivity contribution in [3.8, 4) is 16.9 Å². The van der Waals surface area contributed by atoms with Crippen LogP contribution in [0.3, 0.4) is 0 Å². The molecular weight excluding hydrogens is 414 g/mol. The third-order valence-corrected chi connectivity index (χ3v) is 5.73. The largest absolute Gasteiger partial charge is 0.355 e. The topological polar surface area (TPSA) is 88.8 Å². The molecule has 4 aromatic rings. The van der Waals surface area contributed by atoms with Gasteiger partial charge in [0.2, 0.25) is 0 Å². The number of benzene rings is 2. The highest BCUT2D eigenvalue weighted by Crippen LogP contribution is 2.22. The van der Waals surface area contributed by atoms with Crippen molar-refractivity contribution >= 4 is 17.4 Å². The van der Waals surface area contributed by atoms with Gasteiger partial charge in [0.1, 0.15) is 0 Å². The number of nitrogens with one attached hydrogen (secondary N) is 1. The van der Waals surface area contributed by atoms with Crippen molar-refractivity contribution in [3.63, 3.8) is 0 Å². The summed E-state index contributed by atoms with van der Waals surface area (Å²) in [5.74, 6) is 0.625. The van der Waals surface area contributed by atoms with E-state index in [9.17, 15) is 4.79 Å². The van der Waals surface area contributed by atoms with Gasteiger partial charge in [-0.1, -0.05) is 43.2 Å². The number of carbonyl (C=O) groups is 1. The Bertz CT molecular complexity index is 1200. The minimum atomic E-state index is -0.313. The van der Waals surface area contributed by atoms with E-state index in [0.29, 0.717) is 5.69 Å². The smallest absolute Gasteiger partial charge is 0.277 e. The van der Waals surface area contributed by atoms with Crippen LogP contribution in [0, 0.1) is 0 Å². The number of amides is 1. The molecule has 1 fully saturated rings. The van der Waals surface area contributed by atoms with E-state index in [2.05, 4.69) is 30.6 Å². The predicted molar refractivity (Wildman–Crippen MR) is 127 cm³/mol. The zero-order valence-corrected chi connectivity index (χ0v) is 18.3. The maximum Gasteiger partial charge on any atom is 0.277 e. The average molecular weight is 440 g/mol. The van der Waals surface area contributed by atoms with Crippen LogP contribution in [0.25, 0.3) is 16.9 Å². The molecule has 1 aliphatic rings. The van der Waals surface area contributed by atoms with Crippen molar-refractivity contribution in [1.29, 1.82) is 0 Å². The van der Waals surface area contributed by atoms with Gasteiger partial charge in [-0.05, 0) is 49.2 Å². The van der Waals surface area contributed by atoms with Crippen LogP contribution in [0.1, 0.15) is 36.2 Å². The molecule has 0 aliphatic carbocycles. The normalized spacial score (nSPS) is 14.0. The first-order chi connectivity index (χ1) is 16.3. The Balaban J connectivity index is 1.23. The molecule has 0 spiro atoms. The van der Waals surface area contributed by atoms with Gasteiger partial charge in [0.15, 0.2) is 11.5 Å². The summed E-state index contributed by atoms with van der Waals surface area (Å²) in [6, 6.07) is 21.0. The molecule has 0 unspecified atom stereocenters. The summed E-state index contributed by atoms with van der Waals surface area (Å²) in [6.07, 6.45) is 6.45. The maximum atomic E-state index is 12.6. The van der Waals surface area contributed by atoms with E-state index < -0.39 is 0 Å². The molecule has 1 aliphatic heterocycles. The number of rotatable bonds is 5. The lowest BCUT2D eigenvalue weighted by Crippen LogP contribution is -2.25. The molecule has 166 valence electrons. The average Bonchev–Trinajstić information content (AvgIpc) is 3.21. The fourth-order valence-corrected chi connectivity index (χ4v) is 3.92. The van der Waals surface area contributed by atoms with Gasteiger partial charge >= 0.3 is 0 Å². The molecule has 1 saturated heterocycles. The Morgan fingerprint density at radius 1 is 0.818 bits per heavy atom. The molecule has 0 saturated carbocycles. The van der Waals surface area contributed by atoms with Crippen LogP contribution in [0.2, 0.25) is 0 Å². The van der Waals surface area contributed by atoms with Gasteiger partial charge in [-0.25, -0.2) is 0 Å². The van der Waals surface area contributed by atoms with Gasteiger partial charge < -0.3 is 10.2 Å². The summed E-state index contributed by atoms with van der Waals surface area (Å²) < 4.78 is 0. The fourth-order valence-electron chi connectivity index (χ4n) is 3.92. The predicted octanol–water partition coefficient (Wildman–Crippen LogP) is 4.36. The maximum absolute atomic E-state index is 12.6. The lowest BCUT2D eigenvalue weighted by atomic mass is 10.1. The van der Waals surface area contributed by atoms with Crippen LogP contribution in [0.15, 0.2) is 72.9 Å². The molecule has 33 heavy (non-hydrogen) atoms. The SMILES string of the molecule is O=C(Nc1ccc(-c2ccc(N3CCCCCC3)nn2)cc1)c1cnn(-c2ccccc2)n1. The minimum Gasteiger partial charge on any atom is -0.355 e. The quantitative estimate of drug-likeness (QED) is 0.497.